The van der Waals surface area contributed by atoms with E-state index in [1.165, 1.54) is 0 Å². The maximum absolute atomic E-state index is 12.3. The van der Waals surface area contributed by atoms with Crippen molar-refractivity contribution in [1.82, 2.24) is 14.9 Å². The lowest BCUT2D eigenvalue weighted by Gasteiger charge is -2.08. The van der Waals surface area contributed by atoms with Crippen molar-refractivity contribution in [3.05, 3.63) is 48.0 Å². The Labute approximate surface area is 140 Å². The van der Waals surface area contributed by atoms with Crippen molar-refractivity contribution in [3.8, 4) is 0 Å². The number of carbonyl (C=O) groups excluding carboxylic acids is 3. The van der Waals surface area contributed by atoms with Crippen LogP contribution >= 0.6 is 0 Å². The molecule has 1 heterocycles. The van der Waals surface area contributed by atoms with Gasteiger partial charge in [0.25, 0.3) is 0 Å². The minimum absolute atomic E-state index is 0.213. The van der Waals surface area contributed by atoms with Gasteiger partial charge in [0.1, 0.15) is 0 Å². The van der Waals surface area contributed by atoms with Gasteiger partial charge in [-0.25, -0.2) is 4.98 Å². The molecule has 7 heteroatoms. The Morgan fingerprint density at radius 2 is 1.79 bits per heavy atom. The lowest BCUT2D eigenvalue weighted by molar-refractivity contribution is -0.136. The Kier molecular flexibility index (Phi) is 5.47. The number of aromatic nitrogens is 2. The highest BCUT2D eigenvalue weighted by Crippen LogP contribution is 2.13. The summed E-state index contributed by atoms with van der Waals surface area (Å²) in [6, 6.07) is 6.31. The molecule has 0 spiro atoms. The van der Waals surface area contributed by atoms with Crippen LogP contribution in [0.4, 0.5) is 5.69 Å². The fourth-order valence-corrected chi connectivity index (χ4v) is 1.98. The van der Waals surface area contributed by atoms with Crippen molar-refractivity contribution >= 4 is 23.3 Å². The quantitative estimate of drug-likeness (QED) is 0.640. The van der Waals surface area contributed by atoms with Crippen molar-refractivity contribution in [3.63, 3.8) is 0 Å². The normalized spacial score (nSPS) is 10.5. The molecule has 2 N–H and O–H groups in total. The van der Waals surface area contributed by atoms with E-state index >= 15 is 0 Å². The van der Waals surface area contributed by atoms with E-state index in [9.17, 15) is 14.4 Å². The predicted molar refractivity (Wildman–Crippen MR) is 89.6 cm³/mol. The summed E-state index contributed by atoms with van der Waals surface area (Å²) in [4.78, 5) is 39.7. The molecule has 0 fully saturated rings. The predicted octanol–water partition coefficient (Wildman–Crippen LogP) is 1.36. The van der Waals surface area contributed by atoms with Crippen LogP contribution in [0.15, 0.2) is 36.7 Å². The highest BCUT2D eigenvalue weighted by atomic mass is 16.2. The van der Waals surface area contributed by atoms with Crippen molar-refractivity contribution in [2.75, 3.05) is 11.9 Å². The number of benzene rings is 1. The van der Waals surface area contributed by atoms with Crippen LogP contribution in [0.5, 0.6) is 0 Å². The van der Waals surface area contributed by atoms with Crippen molar-refractivity contribution < 1.29 is 14.4 Å². The zero-order valence-electron chi connectivity index (χ0n) is 13.9. The minimum Gasteiger partial charge on any atom is -0.348 e. The first-order valence-electron chi connectivity index (χ1n) is 7.59. The lowest BCUT2D eigenvalue weighted by atomic mass is 10.1. The number of carbonyl (C=O) groups is 3. The number of hydrogen-bond donors (Lipinski definition) is 2. The third kappa shape index (κ3) is 4.28. The highest BCUT2D eigenvalue weighted by Gasteiger charge is 2.16. The van der Waals surface area contributed by atoms with Gasteiger partial charge in [0, 0.05) is 37.2 Å². The van der Waals surface area contributed by atoms with Gasteiger partial charge in [0.2, 0.25) is 5.78 Å². The summed E-state index contributed by atoms with van der Waals surface area (Å²) in [7, 11) is 1.74. The first-order valence-corrected chi connectivity index (χ1v) is 7.59. The summed E-state index contributed by atoms with van der Waals surface area (Å²) >= 11 is 0. The molecular formula is C17H20N4O3. The van der Waals surface area contributed by atoms with Crippen LogP contribution in [0.2, 0.25) is 0 Å². The molecule has 0 bridgehead atoms. The maximum Gasteiger partial charge on any atom is 0.313 e. The van der Waals surface area contributed by atoms with E-state index in [4.69, 9.17) is 0 Å². The molecule has 0 unspecified atom stereocenters. The van der Waals surface area contributed by atoms with Gasteiger partial charge in [-0.1, -0.05) is 13.8 Å². The molecule has 0 aliphatic rings. The molecule has 126 valence electrons. The Balaban J connectivity index is 1.99. The van der Waals surface area contributed by atoms with Crippen LogP contribution in [-0.4, -0.2) is 33.7 Å². The number of nitrogens with one attached hydrogen (secondary N) is 2. The third-order valence-electron chi connectivity index (χ3n) is 3.31. The first-order chi connectivity index (χ1) is 11.4. The molecule has 0 radical (unpaired) electrons. The molecule has 0 aliphatic carbocycles. The molecule has 1 aromatic heterocycles. The molecule has 0 aliphatic heterocycles. The van der Waals surface area contributed by atoms with E-state index in [0.29, 0.717) is 23.6 Å². The van der Waals surface area contributed by atoms with Gasteiger partial charge in [-0.3, -0.25) is 14.4 Å². The van der Waals surface area contributed by atoms with Crippen LogP contribution in [0.3, 0.4) is 0 Å². The van der Waals surface area contributed by atoms with Crippen LogP contribution in [-0.2, 0) is 16.6 Å². The van der Waals surface area contributed by atoms with Gasteiger partial charge in [-0.15, -0.1) is 0 Å². The standard InChI is InChI=1S/C17H20N4O3/c1-11(2)10-19-16(23)17(24)20-13-6-4-12(5-7-13)14(22)15-18-8-9-21(15)3/h4-9,11H,10H2,1-3H3,(H,19,23)(H,20,24). The molecule has 0 saturated carbocycles. The molecule has 7 nitrogen and oxygen atoms in total. The lowest BCUT2D eigenvalue weighted by Crippen LogP contribution is -2.37. The smallest absolute Gasteiger partial charge is 0.313 e. The Morgan fingerprint density at radius 3 is 2.33 bits per heavy atom. The summed E-state index contributed by atoms with van der Waals surface area (Å²) in [5.74, 6) is -1.04. The second-order valence-corrected chi connectivity index (χ2v) is 5.83. The van der Waals surface area contributed by atoms with E-state index in [2.05, 4.69) is 15.6 Å². The Bertz CT molecular complexity index is 747. The Hall–Kier alpha value is -2.96. The highest BCUT2D eigenvalue weighted by molar-refractivity contribution is 6.39. The molecule has 2 amide bonds. The molecule has 2 aromatic rings. The SMILES string of the molecule is CC(C)CNC(=O)C(=O)Nc1ccc(C(=O)c2nccn2C)cc1. The van der Waals surface area contributed by atoms with Gasteiger partial charge in [0.15, 0.2) is 5.82 Å². The fourth-order valence-electron chi connectivity index (χ4n) is 1.98. The summed E-state index contributed by atoms with van der Waals surface area (Å²) < 4.78 is 1.64. The van der Waals surface area contributed by atoms with E-state index in [-0.39, 0.29) is 11.7 Å². The summed E-state index contributed by atoms with van der Waals surface area (Å²) in [5, 5.41) is 5.03. The van der Waals surface area contributed by atoms with Crippen LogP contribution in [0, 0.1) is 5.92 Å². The van der Waals surface area contributed by atoms with Gasteiger partial charge in [-0.05, 0) is 30.2 Å². The van der Waals surface area contributed by atoms with E-state index in [1.54, 1.807) is 48.3 Å². The van der Waals surface area contributed by atoms with Crippen molar-refractivity contribution in [1.29, 1.82) is 0 Å². The van der Waals surface area contributed by atoms with Gasteiger partial charge in [-0.2, -0.15) is 0 Å². The summed E-state index contributed by atoms with van der Waals surface area (Å²) in [6.07, 6.45) is 3.25. The summed E-state index contributed by atoms with van der Waals surface area (Å²) in [6.45, 7) is 4.31. The molecule has 24 heavy (non-hydrogen) atoms. The average Bonchev–Trinajstić information content (AvgIpc) is 2.98. The topological polar surface area (TPSA) is 93.1 Å². The second-order valence-electron chi connectivity index (χ2n) is 5.83. The zero-order valence-corrected chi connectivity index (χ0v) is 13.9. The van der Waals surface area contributed by atoms with Crippen molar-refractivity contribution in [2.45, 2.75) is 13.8 Å². The Morgan fingerprint density at radius 1 is 1.12 bits per heavy atom. The number of imidazole rings is 1. The number of anilines is 1. The second kappa shape index (κ2) is 7.54. The molecular weight excluding hydrogens is 308 g/mol. The molecule has 0 saturated heterocycles. The third-order valence-corrected chi connectivity index (χ3v) is 3.31. The van der Waals surface area contributed by atoms with Crippen LogP contribution < -0.4 is 10.6 Å². The minimum atomic E-state index is -0.737. The summed E-state index contributed by atoms with van der Waals surface area (Å²) in [5.41, 5.74) is 0.891. The largest absolute Gasteiger partial charge is 0.348 e. The number of nitrogens with zero attached hydrogens (tertiary/aromatic N) is 2. The molecule has 0 atom stereocenters. The van der Waals surface area contributed by atoms with Gasteiger partial charge >= 0.3 is 11.8 Å². The number of amides is 2. The van der Waals surface area contributed by atoms with Gasteiger partial charge in [0.05, 0.1) is 0 Å². The first kappa shape index (κ1) is 17.4. The van der Waals surface area contributed by atoms with Crippen molar-refractivity contribution in [2.24, 2.45) is 13.0 Å². The number of hydrogen-bond acceptors (Lipinski definition) is 4. The number of aryl methyl sites for hydroxylation is 1. The monoisotopic (exact) mass is 328 g/mol. The maximum atomic E-state index is 12.3. The number of rotatable bonds is 5. The average molecular weight is 328 g/mol. The van der Waals surface area contributed by atoms with E-state index < -0.39 is 11.8 Å². The molecule has 1 aromatic carbocycles. The zero-order chi connectivity index (χ0) is 17.7. The fraction of sp³-hybridized carbons (Fsp3) is 0.294. The van der Waals surface area contributed by atoms with Crippen LogP contribution in [0.25, 0.3) is 0 Å². The van der Waals surface area contributed by atoms with E-state index in [0.717, 1.165) is 0 Å². The van der Waals surface area contributed by atoms with Gasteiger partial charge < -0.3 is 15.2 Å². The van der Waals surface area contributed by atoms with Crippen LogP contribution in [0.1, 0.15) is 30.0 Å². The number of ketones is 1. The molecule has 2 rings (SSSR count). The van der Waals surface area contributed by atoms with E-state index in [1.807, 2.05) is 13.8 Å².